The zero-order valence-corrected chi connectivity index (χ0v) is 13.6. The van der Waals surface area contributed by atoms with Crippen molar-refractivity contribution in [2.45, 2.75) is 48.7 Å². The Morgan fingerprint density at radius 3 is 2.43 bits per heavy atom. The lowest BCUT2D eigenvalue weighted by molar-refractivity contribution is 0.345. The lowest BCUT2D eigenvalue weighted by atomic mass is 10.0. The summed E-state index contributed by atoms with van der Waals surface area (Å²) in [5.74, 6) is -0.547. The molecule has 2 bridgehead atoms. The van der Waals surface area contributed by atoms with E-state index in [1.165, 1.54) is 6.07 Å². The standard InChI is InChI=1S/C13H16ClFN2O2S.ClH/c14-12-5-8(15)1-4-13(12)20(18,19)17-11-6-9-2-3-10(7-11)16-9;/h1,4-5,9-11,16-17H,2-3,6-7H2;1H. The minimum absolute atomic E-state index is 0. The van der Waals surface area contributed by atoms with Gasteiger partial charge in [0.15, 0.2) is 0 Å². The highest BCUT2D eigenvalue weighted by atomic mass is 35.5. The highest BCUT2D eigenvalue weighted by Gasteiger charge is 2.35. The van der Waals surface area contributed by atoms with Crippen molar-refractivity contribution in [1.29, 1.82) is 0 Å². The third-order valence-corrected chi connectivity index (χ3v) is 5.98. The first-order chi connectivity index (χ1) is 9.44. The summed E-state index contributed by atoms with van der Waals surface area (Å²) in [6.45, 7) is 0. The van der Waals surface area contributed by atoms with Gasteiger partial charge in [0, 0.05) is 18.1 Å². The first-order valence-corrected chi connectivity index (χ1v) is 8.53. The number of piperidine rings is 1. The molecule has 2 N–H and O–H groups in total. The van der Waals surface area contributed by atoms with Crippen LogP contribution >= 0.6 is 24.0 Å². The Hall–Kier alpha value is -0.400. The molecule has 0 amide bonds. The van der Waals surface area contributed by atoms with Crippen LogP contribution in [0.25, 0.3) is 0 Å². The molecule has 2 fully saturated rings. The third kappa shape index (κ3) is 3.68. The molecule has 8 heteroatoms. The quantitative estimate of drug-likeness (QED) is 0.876. The van der Waals surface area contributed by atoms with Crippen molar-refractivity contribution in [3.63, 3.8) is 0 Å². The van der Waals surface area contributed by atoms with E-state index in [-0.39, 0.29) is 28.4 Å². The van der Waals surface area contributed by atoms with Gasteiger partial charge in [-0.05, 0) is 43.9 Å². The normalized spacial score (nSPS) is 28.2. The van der Waals surface area contributed by atoms with Gasteiger partial charge < -0.3 is 5.32 Å². The number of sulfonamides is 1. The fraction of sp³-hybridized carbons (Fsp3) is 0.538. The van der Waals surface area contributed by atoms with Crippen molar-refractivity contribution in [3.05, 3.63) is 29.0 Å². The van der Waals surface area contributed by atoms with Gasteiger partial charge in [-0.3, -0.25) is 0 Å². The van der Waals surface area contributed by atoms with Crippen molar-refractivity contribution in [1.82, 2.24) is 10.0 Å². The predicted octanol–water partition coefficient (Wildman–Crippen LogP) is 2.46. The highest BCUT2D eigenvalue weighted by molar-refractivity contribution is 7.89. The fourth-order valence-corrected chi connectivity index (χ4v) is 4.92. The molecule has 1 aromatic carbocycles. The first kappa shape index (κ1) is 17.0. The second-order valence-corrected chi connectivity index (χ2v) is 7.59. The minimum atomic E-state index is -3.70. The molecule has 118 valence electrons. The lowest BCUT2D eigenvalue weighted by Gasteiger charge is -2.29. The Labute approximate surface area is 134 Å². The number of rotatable bonds is 3. The molecule has 0 saturated carbocycles. The van der Waals surface area contributed by atoms with Crippen LogP contribution in [0, 0.1) is 5.82 Å². The van der Waals surface area contributed by atoms with E-state index in [1.54, 1.807) is 0 Å². The Balaban J connectivity index is 0.00000161. The molecule has 2 aliphatic rings. The molecule has 2 atom stereocenters. The lowest BCUT2D eigenvalue weighted by Crippen LogP contribution is -2.47. The maximum Gasteiger partial charge on any atom is 0.242 e. The van der Waals surface area contributed by atoms with Crippen LogP contribution in [-0.2, 0) is 10.0 Å². The number of benzene rings is 1. The fourth-order valence-electron chi connectivity index (χ4n) is 3.13. The van der Waals surface area contributed by atoms with E-state index in [4.69, 9.17) is 11.6 Å². The molecule has 2 aliphatic heterocycles. The first-order valence-electron chi connectivity index (χ1n) is 6.67. The van der Waals surface area contributed by atoms with Crippen LogP contribution in [0.15, 0.2) is 23.1 Å². The van der Waals surface area contributed by atoms with Crippen LogP contribution in [0.3, 0.4) is 0 Å². The predicted molar refractivity (Wildman–Crippen MR) is 81.9 cm³/mol. The van der Waals surface area contributed by atoms with Crippen LogP contribution < -0.4 is 10.0 Å². The summed E-state index contributed by atoms with van der Waals surface area (Å²) in [4.78, 5) is -0.0635. The van der Waals surface area contributed by atoms with Crippen molar-refractivity contribution in [3.8, 4) is 0 Å². The third-order valence-electron chi connectivity index (χ3n) is 3.98. The number of nitrogens with one attached hydrogen (secondary N) is 2. The van der Waals surface area contributed by atoms with Crippen molar-refractivity contribution in [2.75, 3.05) is 0 Å². The number of hydrogen-bond donors (Lipinski definition) is 2. The summed E-state index contributed by atoms with van der Waals surface area (Å²) >= 11 is 5.83. The van der Waals surface area contributed by atoms with Gasteiger partial charge in [0.05, 0.1) is 5.02 Å². The van der Waals surface area contributed by atoms with E-state index in [0.29, 0.717) is 12.1 Å². The molecule has 4 nitrogen and oxygen atoms in total. The zero-order chi connectivity index (χ0) is 14.3. The molecular formula is C13H17Cl2FN2O2S. The SMILES string of the molecule is Cl.O=S(=O)(NC1CC2CCC(C1)N2)c1ccc(F)cc1Cl. The molecule has 2 saturated heterocycles. The smallest absolute Gasteiger partial charge is 0.242 e. The van der Waals surface area contributed by atoms with E-state index >= 15 is 0 Å². The van der Waals surface area contributed by atoms with Crippen LogP contribution in [0.4, 0.5) is 4.39 Å². The Bertz CT molecular complexity index is 615. The molecule has 0 aliphatic carbocycles. The van der Waals surface area contributed by atoms with Crippen LogP contribution in [0.5, 0.6) is 0 Å². The van der Waals surface area contributed by atoms with Gasteiger partial charge in [0.2, 0.25) is 10.0 Å². The molecule has 0 aromatic heterocycles. The van der Waals surface area contributed by atoms with E-state index in [1.807, 2.05) is 0 Å². The Morgan fingerprint density at radius 2 is 1.86 bits per heavy atom. The zero-order valence-electron chi connectivity index (χ0n) is 11.2. The second-order valence-electron chi connectivity index (χ2n) is 5.50. The summed E-state index contributed by atoms with van der Waals surface area (Å²) < 4.78 is 40.4. The summed E-state index contributed by atoms with van der Waals surface area (Å²) in [5, 5.41) is 3.37. The van der Waals surface area contributed by atoms with Gasteiger partial charge in [0.25, 0.3) is 0 Å². The average molecular weight is 355 g/mol. The van der Waals surface area contributed by atoms with Gasteiger partial charge in [-0.2, -0.15) is 0 Å². The molecule has 1 aromatic rings. The van der Waals surface area contributed by atoms with Gasteiger partial charge in [0.1, 0.15) is 10.7 Å². The highest BCUT2D eigenvalue weighted by Crippen LogP contribution is 2.29. The van der Waals surface area contributed by atoms with Gasteiger partial charge in [-0.25, -0.2) is 17.5 Å². The molecule has 0 radical (unpaired) electrons. The monoisotopic (exact) mass is 354 g/mol. The van der Waals surface area contributed by atoms with Crippen LogP contribution in [0.1, 0.15) is 25.7 Å². The largest absolute Gasteiger partial charge is 0.311 e. The summed E-state index contributed by atoms with van der Waals surface area (Å²) in [6.07, 6.45) is 3.77. The van der Waals surface area contributed by atoms with Gasteiger partial charge >= 0.3 is 0 Å². The maximum atomic E-state index is 13.0. The summed E-state index contributed by atoms with van der Waals surface area (Å²) in [6, 6.07) is 4.03. The van der Waals surface area contributed by atoms with Crippen molar-refractivity contribution in [2.24, 2.45) is 0 Å². The topological polar surface area (TPSA) is 58.2 Å². The molecule has 2 unspecified atom stereocenters. The summed E-state index contributed by atoms with van der Waals surface area (Å²) in [7, 11) is -3.70. The second kappa shape index (κ2) is 6.38. The molecule has 21 heavy (non-hydrogen) atoms. The van der Waals surface area contributed by atoms with E-state index < -0.39 is 15.8 Å². The molecule has 0 spiro atoms. The Morgan fingerprint density at radius 1 is 1.24 bits per heavy atom. The number of halogens is 3. The molecular weight excluding hydrogens is 338 g/mol. The van der Waals surface area contributed by atoms with Crippen molar-refractivity contribution < 1.29 is 12.8 Å². The molecule has 2 heterocycles. The minimum Gasteiger partial charge on any atom is -0.311 e. The maximum absolute atomic E-state index is 13.0. The molecule has 3 rings (SSSR count). The summed E-state index contributed by atoms with van der Waals surface area (Å²) in [5.41, 5.74) is 0. The van der Waals surface area contributed by atoms with E-state index in [2.05, 4.69) is 10.0 Å². The van der Waals surface area contributed by atoms with Gasteiger partial charge in [-0.1, -0.05) is 11.6 Å². The van der Waals surface area contributed by atoms with Crippen LogP contribution in [-0.4, -0.2) is 26.5 Å². The Kier molecular flexibility index (Phi) is 5.15. The number of fused-ring (bicyclic) bond motifs is 2. The average Bonchev–Trinajstić information content (AvgIpc) is 2.67. The van der Waals surface area contributed by atoms with Gasteiger partial charge in [-0.15, -0.1) is 12.4 Å². The number of hydrogen-bond acceptors (Lipinski definition) is 3. The van der Waals surface area contributed by atoms with E-state index in [9.17, 15) is 12.8 Å². The van der Waals surface area contributed by atoms with Crippen LogP contribution in [0.2, 0.25) is 5.02 Å². The van der Waals surface area contributed by atoms with E-state index in [0.717, 1.165) is 37.8 Å². The van der Waals surface area contributed by atoms with Crippen molar-refractivity contribution >= 4 is 34.0 Å².